The molecule has 0 unspecified atom stereocenters. The van der Waals surface area contributed by atoms with Crippen LogP contribution in [0.15, 0.2) is 0 Å². The van der Waals surface area contributed by atoms with Gasteiger partial charge in [0.25, 0.3) is 0 Å². The van der Waals surface area contributed by atoms with E-state index in [0.29, 0.717) is 5.91 Å². The van der Waals surface area contributed by atoms with Gasteiger partial charge < -0.3 is 9.64 Å². The van der Waals surface area contributed by atoms with E-state index in [1.807, 2.05) is 18.7 Å². The number of ether oxygens (including phenoxy) is 1. The fourth-order valence-electron chi connectivity index (χ4n) is 3.30. The number of piperidine rings is 1. The van der Waals surface area contributed by atoms with Gasteiger partial charge in [0.1, 0.15) is 0 Å². The maximum absolute atomic E-state index is 12.0. The normalized spacial score (nSPS) is 23.5. The lowest BCUT2D eigenvalue weighted by atomic mass is 9.88. The molecule has 0 N–H and O–H groups in total. The molecule has 0 aromatic rings. The minimum atomic E-state index is 0.0136. The molecule has 2 saturated heterocycles. The van der Waals surface area contributed by atoms with Crippen LogP contribution < -0.4 is 0 Å². The van der Waals surface area contributed by atoms with Crippen LogP contribution in [0.5, 0.6) is 0 Å². The van der Waals surface area contributed by atoms with Crippen LogP contribution >= 0.6 is 0 Å². The first-order valence-electron chi connectivity index (χ1n) is 8.21. The van der Waals surface area contributed by atoms with Crippen molar-refractivity contribution in [3.8, 4) is 0 Å². The number of carbonyl (C=O) groups is 1. The second kappa shape index (κ2) is 6.90. The predicted octanol–water partition coefficient (Wildman–Crippen LogP) is 2.14. The number of hydrogen-bond donors (Lipinski definition) is 0. The molecule has 0 atom stereocenters. The number of carbonyl (C=O) groups excluding carboxylic acids is 1. The van der Waals surface area contributed by atoms with Gasteiger partial charge in [-0.25, -0.2) is 0 Å². The smallest absolute Gasteiger partial charge is 0.225 e. The Balaban J connectivity index is 1.86. The molecule has 4 nitrogen and oxygen atoms in total. The van der Waals surface area contributed by atoms with Gasteiger partial charge in [-0.15, -0.1) is 0 Å². The number of hydrogen-bond acceptors (Lipinski definition) is 3. The SMILES string of the molecule is CCCCN1CCOC2(CCN(C(=O)C(C)C)CC2)C1. The zero-order valence-electron chi connectivity index (χ0n) is 13.4. The van der Waals surface area contributed by atoms with E-state index in [1.165, 1.54) is 19.4 Å². The van der Waals surface area contributed by atoms with Crippen molar-refractivity contribution in [1.82, 2.24) is 9.80 Å². The van der Waals surface area contributed by atoms with E-state index in [1.54, 1.807) is 0 Å². The number of nitrogens with zero attached hydrogens (tertiary/aromatic N) is 2. The second-order valence-electron chi connectivity index (χ2n) is 6.64. The summed E-state index contributed by atoms with van der Waals surface area (Å²) in [6.07, 6.45) is 4.51. The minimum absolute atomic E-state index is 0.0136. The highest BCUT2D eigenvalue weighted by molar-refractivity contribution is 5.78. The number of rotatable bonds is 4. The van der Waals surface area contributed by atoms with Crippen LogP contribution in [0.1, 0.15) is 46.5 Å². The van der Waals surface area contributed by atoms with Crippen LogP contribution in [0.2, 0.25) is 0 Å². The molecule has 2 aliphatic heterocycles. The first kappa shape index (κ1) is 15.8. The second-order valence-corrected chi connectivity index (χ2v) is 6.64. The predicted molar refractivity (Wildman–Crippen MR) is 80.7 cm³/mol. The van der Waals surface area contributed by atoms with Gasteiger partial charge in [-0.05, 0) is 25.8 Å². The molecule has 0 aromatic heterocycles. The molecule has 4 heteroatoms. The Morgan fingerprint density at radius 1 is 1.25 bits per heavy atom. The summed E-state index contributed by atoms with van der Waals surface area (Å²) in [5.41, 5.74) is 0.0136. The third-order valence-corrected chi connectivity index (χ3v) is 4.64. The number of morpholine rings is 1. The van der Waals surface area contributed by atoms with E-state index >= 15 is 0 Å². The highest BCUT2D eigenvalue weighted by Crippen LogP contribution is 2.30. The molecule has 0 radical (unpaired) electrons. The van der Waals surface area contributed by atoms with Crippen molar-refractivity contribution >= 4 is 5.91 Å². The summed E-state index contributed by atoms with van der Waals surface area (Å²) in [7, 11) is 0. The first-order chi connectivity index (χ1) is 9.56. The average molecular weight is 282 g/mol. The van der Waals surface area contributed by atoms with Crippen LogP contribution in [0.3, 0.4) is 0 Å². The molecule has 2 fully saturated rings. The lowest BCUT2D eigenvalue weighted by Crippen LogP contribution is -2.57. The molecule has 0 aliphatic carbocycles. The van der Waals surface area contributed by atoms with Crippen molar-refractivity contribution in [3.63, 3.8) is 0 Å². The summed E-state index contributed by atoms with van der Waals surface area (Å²) in [6, 6.07) is 0. The summed E-state index contributed by atoms with van der Waals surface area (Å²) in [5, 5.41) is 0. The monoisotopic (exact) mass is 282 g/mol. The van der Waals surface area contributed by atoms with Crippen molar-refractivity contribution in [2.75, 3.05) is 39.3 Å². The standard InChI is InChI=1S/C16H30N2O2/c1-4-5-8-17-11-12-20-16(13-17)6-9-18(10-7-16)15(19)14(2)3/h14H,4-13H2,1-3H3. The van der Waals surface area contributed by atoms with Gasteiger partial charge in [0.15, 0.2) is 0 Å². The Morgan fingerprint density at radius 3 is 2.55 bits per heavy atom. The van der Waals surface area contributed by atoms with E-state index in [4.69, 9.17) is 4.74 Å². The summed E-state index contributed by atoms with van der Waals surface area (Å²) >= 11 is 0. The van der Waals surface area contributed by atoms with E-state index in [-0.39, 0.29) is 11.5 Å². The van der Waals surface area contributed by atoms with Gasteiger partial charge in [0.05, 0.1) is 12.2 Å². The Kier molecular flexibility index (Phi) is 5.44. The zero-order chi connectivity index (χ0) is 14.6. The summed E-state index contributed by atoms with van der Waals surface area (Å²) in [5.74, 6) is 0.399. The van der Waals surface area contributed by atoms with Gasteiger partial charge in [0, 0.05) is 32.1 Å². The van der Waals surface area contributed by atoms with Crippen molar-refractivity contribution in [1.29, 1.82) is 0 Å². The Morgan fingerprint density at radius 2 is 1.95 bits per heavy atom. The average Bonchev–Trinajstić information content (AvgIpc) is 2.45. The first-order valence-corrected chi connectivity index (χ1v) is 8.21. The molecule has 0 bridgehead atoms. The topological polar surface area (TPSA) is 32.8 Å². The highest BCUT2D eigenvalue weighted by Gasteiger charge is 2.40. The zero-order valence-corrected chi connectivity index (χ0v) is 13.4. The van der Waals surface area contributed by atoms with E-state index < -0.39 is 0 Å². The molecule has 0 aromatic carbocycles. The third-order valence-electron chi connectivity index (χ3n) is 4.64. The Labute approximate surface area is 123 Å². The van der Waals surface area contributed by atoms with Gasteiger partial charge in [0.2, 0.25) is 5.91 Å². The Bertz CT molecular complexity index is 322. The largest absolute Gasteiger partial charge is 0.372 e. The molecule has 2 heterocycles. The molecular weight excluding hydrogens is 252 g/mol. The summed E-state index contributed by atoms with van der Waals surface area (Å²) in [6.45, 7) is 12.1. The number of amides is 1. The van der Waals surface area contributed by atoms with E-state index in [9.17, 15) is 4.79 Å². The summed E-state index contributed by atoms with van der Waals surface area (Å²) in [4.78, 5) is 16.6. The van der Waals surface area contributed by atoms with Gasteiger partial charge in [-0.3, -0.25) is 9.69 Å². The molecule has 116 valence electrons. The van der Waals surface area contributed by atoms with Crippen molar-refractivity contribution < 1.29 is 9.53 Å². The summed E-state index contributed by atoms with van der Waals surface area (Å²) < 4.78 is 6.13. The third kappa shape index (κ3) is 3.73. The van der Waals surface area contributed by atoms with E-state index in [2.05, 4.69) is 11.8 Å². The van der Waals surface area contributed by atoms with Gasteiger partial charge in [-0.2, -0.15) is 0 Å². The molecule has 20 heavy (non-hydrogen) atoms. The van der Waals surface area contributed by atoms with Gasteiger partial charge >= 0.3 is 0 Å². The maximum Gasteiger partial charge on any atom is 0.225 e. The fourth-order valence-corrected chi connectivity index (χ4v) is 3.30. The molecule has 0 saturated carbocycles. The van der Waals surface area contributed by atoms with Gasteiger partial charge in [-0.1, -0.05) is 27.2 Å². The number of unbranched alkanes of at least 4 members (excludes halogenated alkanes) is 1. The van der Waals surface area contributed by atoms with Crippen molar-refractivity contribution in [2.24, 2.45) is 5.92 Å². The quantitative estimate of drug-likeness (QED) is 0.792. The van der Waals surface area contributed by atoms with Crippen LogP contribution in [-0.2, 0) is 9.53 Å². The molecule has 1 spiro atoms. The van der Waals surface area contributed by atoms with Crippen LogP contribution in [0.25, 0.3) is 0 Å². The van der Waals surface area contributed by atoms with Crippen molar-refractivity contribution in [2.45, 2.75) is 52.1 Å². The molecule has 2 aliphatic rings. The lowest BCUT2D eigenvalue weighted by molar-refractivity contribution is -0.152. The van der Waals surface area contributed by atoms with Crippen LogP contribution in [-0.4, -0.2) is 60.6 Å². The lowest BCUT2D eigenvalue weighted by Gasteiger charge is -2.47. The highest BCUT2D eigenvalue weighted by atomic mass is 16.5. The van der Waals surface area contributed by atoms with Crippen molar-refractivity contribution in [3.05, 3.63) is 0 Å². The van der Waals surface area contributed by atoms with Crippen LogP contribution in [0, 0.1) is 5.92 Å². The number of likely N-dealkylation sites (tertiary alicyclic amines) is 1. The Hall–Kier alpha value is -0.610. The van der Waals surface area contributed by atoms with E-state index in [0.717, 1.165) is 45.6 Å². The maximum atomic E-state index is 12.0. The molecule has 2 rings (SSSR count). The molecule has 1 amide bonds. The molecular formula is C16H30N2O2. The minimum Gasteiger partial charge on any atom is -0.372 e. The van der Waals surface area contributed by atoms with Crippen LogP contribution in [0.4, 0.5) is 0 Å². The fraction of sp³-hybridized carbons (Fsp3) is 0.938.